The highest BCUT2D eigenvalue weighted by Crippen LogP contribution is 2.21. The van der Waals surface area contributed by atoms with Gasteiger partial charge in [-0.2, -0.15) is 5.10 Å². The molecule has 4 aromatic rings. The largest absolute Gasteiger partial charge is 0.310 e. The van der Waals surface area contributed by atoms with Crippen LogP contribution in [0.25, 0.3) is 21.8 Å². The van der Waals surface area contributed by atoms with E-state index in [9.17, 15) is 9.59 Å². The van der Waals surface area contributed by atoms with E-state index in [1.807, 2.05) is 28.8 Å². The maximum absolute atomic E-state index is 12.8. The number of hydrogen-bond acceptors (Lipinski definition) is 4. The first kappa shape index (κ1) is 16.0. The Morgan fingerprint density at radius 1 is 1.12 bits per heavy atom. The van der Waals surface area contributed by atoms with E-state index < -0.39 is 5.91 Å². The fourth-order valence-electron chi connectivity index (χ4n) is 3.07. The Bertz CT molecular complexity index is 1180. The van der Waals surface area contributed by atoms with Crippen molar-refractivity contribution in [3.05, 3.63) is 64.6 Å². The molecule has 0 spiro atoms. The zero-order valence-electron chi connectivity index (χ0n) is 14.2. The molecule has 130 valence electrons. The van der Waals surface area contributed by atoms with Crippen LogP contribution in [0.15, 0.2) is 53.3 Å². The molecule has 7 heteroatoms. The summed E-state index contributed by atoms with van der Waals surface area (Å²) < 4.78 is 1.97. The molecule has 0 saturated heterocycles. The fourth-order valence-corrected chi connectivity index (χ4v) is 3.07. The van der Waals surface area contributed by atoms with Crippen LogP contribution in [-0.4, -0.2) is 25.7 Å². The molecule has 0 bridgehead atoms. The molecule has 2 aromatic heterocycles. The van der Waals surface area contributed by atoms with Gasteiger partial charge in [-0.05, 0) is 24.6 Å². The SMILES string of the molecule is CCCn1c(NC(=O)c2n[nH]c(=O)c3ccccc23)nc2ccccc21. The number of nitrogens with zero attached hydrogens (tertiary/aromatic N) is 3. The van der Waals surface area contributed by atoms with Crippen molar-refractivity contribution >= 4 is 33.7 Å². The molecule has 2 aromatic carbocycles. The van der Waals surface area contributed by atoms with Crippen molar-refractivity contribution in [2.24, 2.45) is 0 Å². The van der Waals surface area contributed by atoms with Crippen molar-refractivity contribution in [2.75, 3.05) is 5.32 Å². The number of fused-ring (bicyclic) bond motifs is 2. The van der Waals surface area contributed by atoms with Gasteiger partial charge >= 0.3 is 0 Å². The number of aryl methyl sites for hydroxylation is 1. The Kier molecular flexibility index (Phi) is 3.96. The van der Waals surface area contributed by atoms with Crippen LogP contribution in [0, 0.1) is 0 Å². The quantitative estimate of drug-likeness (QED) is 0.594. The lowest BCUT2D eigenvalue weighted by Gasteiger charge is -2.09. The zero-order chi connectivity index (χ0) is 18.1. The highest BCUT2D eigenvalue weighted by atomic mass is 16.2. The Morgan fingerprint density at radius 3 is 2.65 bits per heavy atom. The normalized spacial score (nSPS) is 11.1. The number of benzene rings is 2. The first-order valence-electron chi connectivity index (χ1n) is 8.43. The number of amides is 1. The van der Waals surface area contributed by atoms with Crippen LogP contribution in [0.4, 0.5) is 5.95 Å². The van der Waals surface area contributed by atoms with E-state index in [1.54, 1.807) is 24.3 Å². The highest BCUT2D eigenvalue weighted by molar-refractivity contribution is 6.10. The van der Waals surface area contributed by atoms with Gasteiger partial charge in [-0.1, -0.05) is 37.3 Å². The van der Waals surface area contributed by atoms with Crippen LogP contribution in [0.5, 0.6) is 0 Å². The van der Waals surface area contributed by atoms with E-state index in [0.717, 1.165) is 24.0 Å². The van der Waals surface area contributed by atoms with Crippen molar-refractivity contribution in [2.45, 2.75) is 19.9 Å². The van der Waals surface area contributed by atoms with Gasteiger partial charge in [-0.3, -0.25) is 14.9 Å². The molecule has 0 atom stereocenters. The van der Waals surface area contributed by atoms with Gasteiger partial charge in [0.25, 0.3) is 11.5 Å². The Labute approximate surface area is 148 Å². The van der Waals surface area contributed by atoms with Gasteiger partial charge in [-0.25, -0.2) is 10.1 Å². The standard InChI is InChI=1S/C19H17N5O2/c1-2-11-24-15-10-6-5-9-14(15)20-19(24)21-18(26)16-12-7-3-4-8-13(12)17(25)23-22-16/h3-10H,2,11H2,1H3,(H,23,25)(H,20,21,26). The predicted molar refractivity (Wildman–Crippen MR) is 100 cm³/mol. The number of anilines is 1. The molecule has 0 radical (unpaired) electrons. The predicted octanol–water partition coefficient (Wildman–Crippen LogP) is 2.94. The topological polar surface area (TPSA) is 92.7 Å². The minimum Gasteiger partial charge on any atom is -0.310 e. The summed E-state index contributed by atoms with van der Waals surface area (Å²) in [5.74, 6) is 0.0558. The number of para-hydroxylation sites is 2. The first-order valence-corrected chi connectivity index (χ1v) is 8.43. The lowest BCUT2D eigenvalue weighted by atomic mass is 10.1. The van der Waals surface area contributed by atoms with Crippen molar-refractivity contribution in [1.29, 1.82) is 0 Å². The zero-order valence-corrected chi connectivity index (χ0v) is 14.2. The van der Waals surface area contributed by atoms with E-state index in [2.05, 4.69) is 27.4 Å². The summed E-state index contributed by atoms with van der Waals surface area (Å²) in [6.07, 6.45) is 0.906. The number of carbonyl (C=O) groups is 1. The first-order chi connectivity index (χ1) is 12.7. The second-order valence-electron chi connectivity index (χ2n) is 5.98. The minimum atomic E-state index is -0.412. The van der Waals surface area contributed by atoms with E-state index in [4.69, 9.17) is 0 Å². The molecule has 7 nitrogen and oxygen atoms in total. The van der Waals surface area contributed by atoms with Crippen LogP contribution >= 0.6 is 0 Å². The summed E-state index contributed by atoms with van der Waals surface area (Å²) >= 11 is 0. The number of rotatable bonds is 4. The Morgan fingerprint density at radius 2 is 1.85 bits per heavy atom. The monoisotopic (exact) mass is 347 g/mol. The van der Waals surface area contributed by atoms with Gasteiger partial charge in [0.1, 0.15) is 0 Å². The van der Waals surface area contributed by atoms with E-state index >= 15 is 0 Å². The molecule has 2 heterocycles. The number of H-pyrrole nitrogens is 1. The molecule has 0 aliphatic heterocycles. The average molecular weight is 347 g/mol. The fraction of sp³-hybridized carbons (Fsp3) is 0.158. The second-order valence-corrected chi connectivity index (χ2v) is 5.98. The van der Waals surface area contributed by atoms with Gasteiger partial charge in [0.05, 0.1) is 16.4 Å². The molecule has 0 saturated carbocycles. The third kappa shape index (κ3) is 2.63. The lowest BCUT2D eigenvalue weighted by molar-refractivity contribution is 0.102. The van der Waals surface area contributed by atoms with E-state index in [-0.39, 0.29) is 11.3 Å². The van der Waals surface area contributed by atoms with Gasteiger partial charge in [0.15, 0.2) is 5.69 Å². The molecule has 26 heavy (non-hydrogen) atoms. The van der Waals surface area contributed by atoms with Crippen molar-refractivity contribution in [3.8, 4) is 0 Å². The number of hydrogen-bond donors (Lipinski definition) is 2. The third-order valence-corrected chi connectivity index (χ3v) is 4.24. The van der Waals surface area contributed by atoms with Gasteiger partial charge < -0.3 is 4.57 Å². The van der Waals surface area contributed by atoms with Crippen LogP contribution in [-0.2, 0) is 6.54 Å². The Hall–Kier alpha value is -3.48. The molecular formula is C19H17N5O2. The smallest absolute Gasteiger partial charge is 0.279 e. The number of aromatic nitrogens is 4. The van der Waals surface area contributed by atoms with Crippen LogP contribution in [0.3, 0.4) is 0 Å². The summed E-state index contributed by atoms with van der Waals surface area (Å²) in [5.41, 5.74) is 1.62. The molecular weight excluding hydrogens is 330 g/mol. The van der Waals surface area contributed by atoms with Gasteiger partial charge in [0, 0.05) is 11.9 Å². The molecule has 2 N–H and O–H groups in total. The summed E-state index contributed by atoms with van der Waals surface area (Å²) in [4.78, 5) is 29.3. The highest BCUT2D eigenvalue weighted by Gasteiger charge is 2.18. The number of imidazole rings is 1. The van der Waals surface area contributed by atoms with Crippen LogP contribution in [0.1, 0.15) is 23.8 Å². The van der Waals surface area contributed by atoms with E-state index in [0.29, 0.717) is 16.7 Å². The molecule has 0 unspecified atom stereocenters. The van der Waals surface area contributed by atoms with Gasteiger partial charge in [0.2, 0.25) is 5.95 Å². The van der Waals surface area contributed by atoms with Crippen molar-refractivity contribution in [3.63, 3.8) is 0 Å². The number of carbonyl (C=O) groups excluding carboxylic acids is 1. The van der Waals surface area contributed by atoms with Crippen LogP contribution < -0.4 is 10.9 Å². The second kappa shape index (κ2) is 6.44. The van der Waals surface area contributed by atoms with E-state index in [1.165, 1.54) is 0 Å². The summed E-state index contributed by atoms with van der Waals surface area (Å²) in [6, 6.07) is 14.6. The number of nitrogens with one attached hydrogen (secondary N) is 2. The maximum atomic E-state index is 12.8. The molecule has 0 aliphatic rings. The third-order valence-electron chi connectivity index (χ3n) is 4.24. The van der Waals surface area contributed by atoms with Crippen molar-refractivity contribution in [1.82, 2.24) is 19.7 Å². The average Bonchev–Trinajstić information content (AvgIpc) is 3.00. The summed E-state index contributed by atoms with van der Waals surface area (Å²) in [7, 11) is 0. The summed E-state index contributed by atoms with van der Waals surface area (Å²) in [5, 5.41) is 10.1. The van der Waals surface area contributed by atoms with Gasteiger partial charge in [-0.15, -0.1) is 0 Å². The lowest BCUT2D eigenvalue weighted by Crippen LogP contribution is -2.21. The summed E-state index contributed by atoms with van der Waals surface area (Å²) in [6.45, 7) is 2.80. The molecule has 0 fully saturated rings. The van der Waals surface area contributed by atoms with Crippen molar-refractivity contribution < 1.29 is 4.79 Å². The minimum absolute atomic E-state index is 0.162. The maximum Gasteiger partial charge on any atom is 0.279 e. The van der Waals surface area contributed by atoms with Crippen LogP contribution in [0.2, 0.25) is 0 Å². The Balaban J connectivity index is 1.78. The number of aromatic amines is 1. The molecule has 4 rings (SSSR count). The molecule has 1 amide bonds. The molecule has 0 aliphatic carbocycles.